The molecular formula is C24H20N2O5S. The zero-order valence-electron chi connectivity index (χ0n) is 17.7. The SMILES string of the molecule is COc1ccc2c(=O)c3c(oc2c1)C(=O)N(c1nccs1)[C@@H]3c1cccc(OC(C)C)c1. The van der Waals surface area contributed by atoms with Gasteiger partial charge in [0, 0.05) is 17.6 Å². The van der Waals surface area contributed by atoms with Gasteiger partial charge in [0.2, 0.25) is 5.76 Å². The van der Waals surface area contributed by atoms with Crippen molar-refractivity contribution in [3.8, 4) is 11.5 Å². The summed E-state index contributed by atoms with van der Waals surface area (Å²) in [6, 6.07) is 11.7. The Morgan fingerprint density at radius 1 is 1.12 bits per heavy atom. The topological polar surface area (TPSA) is 81.9 Å². The maximum atomic E-state index is 13.6. The maximum Gasteiger partial charge on any atom is 0.297 e. The minimum absolute atomic E-state index is 0.0122. The van der Waals surface area contributed by atoms with E-state index in [-0.39, 0.29) is 17.3 Å². The number of nitrogens with zero attached hydrogens (tertiary/aromatic N) is 2. The Morgan fingerprint density at radius 2 is 1.97 bits per heavy atom. The summed E-state index contributed by atoms with van der Waals surface area (Å²) in [5, 5.41) is 2.66. The number of methoxy groups -OCH3 is 1. The third-order valence-corrected chi connectivity index (χ3v) is 6.02. The maximum absolute atomic E-state index is 13.6. The molecule has 0 saturated heterocycles. The van der Waals surface area contributed by atoms with Gasteiger partial charge in [-0.15, -0.1) is 11.3 Å². The molecule has 2 aromatic heterocycles. The molecular weight excluding hydrogens is 428 g/mol. The smallest absolute Gasteiger partial charge is 0.297 e. The average molecular weight is 449 g/mol. The summed E-state index contributed by atoms with van der Waals surface area (Å²) in [4.78, 5) is 32.9. The largest absolute Gasteiger partial charge is 0.497 e. The predicted molar refractivity (Wildman–Crippen MR) is 122 cm³/mol. The number of carbonyl (C=O) groups is 1. The summed E-state index contributed by atoms with van der Waals surface area (Å²) in [5.41, 5.74) is 1.09. The molecule has 32 heavy (non-hydrogen) atoms. The highest BCUT2D eigenvalue weighted by Crippen LogP contribution is 2.42. The molecule has 1 atom stereocenters. The third kappa shape index (κ3) is 3.23. The molecule has 0 saturated carbocycles. The average Bonchev–Trinajstić information content (AvgIpc) is 3.40. The standard InChI is InChI=1S/C24H20N2O5S/c1-13(2)30-16-6-4-5-14(11-16)20-19-21(27)17-8-7-15(29-3)12-18(17)31-22(19)23(28)26(20)24-25-9-10-32-24/h4-13,20H,1-3H3/t20-/m1/s1. The van der Waals surface area contributed by atoms with Gasteiger partial charge in [0.15, 0.2) is 10.6 Å². The second-order valence-corrected chi connectivity index (χ2v) is 8.54. The van der Waals surface area contributed by atoms with Crippen LogP contribution in [0.25, 0.3) is 11.0 Å². The van der Waals surface area contributed by atoms with Crippen LogP contribution in [0, 0.1) is 0 Å². The van der Waals surface area contributed by atoms with Crippen LogP contribution >= 0.6 is 11.3 Å². The fourth-order valence-corrected chi connectivity index (χ4v) is 4.62. The normalized spacial score (nSPS) is 15.4. The number of thiazole rings is 1. The predicted octanol–water partition coefficient (Wildman–Crippen LogP) is 4.80. The molecule has 0 N–H and O–H groups in total. The molecule has 162 valence electrons. The number of rotatable bonds is 5. The van der Waals surface area contributed by atoms with Crippen LogP contribution in [0.4, 0.5) is 5.13 Å². The van der Waals surface area contributed by atoms with Gasteiger partial charge >= 0.3 is 0 Å². The Labute approximate surface area is 187 Å². The number of hydrogen-bond donors (Lipinski definition) is 0. The van der Waals surface area contributed by atoms with E-state index in [9.17, 15) is 9.59 Å². The van der Waals surface area contributed by atoms with Gasteiger partial charge in [-0.3, -0.25) is 14.5 Å². The van der Waals surface area contributed by atoms with E-state index in [1.807, 2.05) is 38.1 Å². The summed E-state index contributed by atoms with van der Waals surface area (Å²) in [7, 11) is 1.53. The quantitative estimate of drug-likeness (QED) is 0.436. The fraction of sp³-hybridized carbons (Fsp3) is 0.208. The molecule has 3 heterocycles. The minimum atomic E-state index is -0.679. The van der Waals surface area contributed by atoms with Crippen molar-refractivity contribution < 1.29 is 18.7 Å². The third-order valence-electron chi connectivity index (χ3n) is 5.25. The van der Waals surface area contributed by atoms with Crippen LogP contribution in [0.2, 0.25) is 0 Å². The number of ether oxygens (including phenoxy) is 2. The van der Waals surface area contributed by atoms with Gasteiger partial charge in [0.05, 0.1) is 30.2 Å². The van der Waals surface area contributed by atoms with Gasteiger partial charge in [-0.1, -0.05) is 12.1 Å². The molecule has 4 aromatic rings. The lowest BCUT2D eigenvalue weighted by Gasteiger charge is -2.23. The van der Waals surface area contributed by atoms with E-state index < -0.39 is 11.9 Å². The van der Waals surface area contributed by atoms with Crippen molar-refractivity contribution >= 4 is 33.3 Å². The first kappa shape index (κ1) is 20.3. The van der Waals surface area contributed by atoms with Crippen molar-refractivity contribution in [3.05, 3.63) is 81.2 Å². The zero-order valence-corrected chi connectivity index (χ0v) is 18.5. The summed E-state index contributed by atoms with van der Waals surface area (Å²) in [5.74, 6) is 0.813. The van der Waals surface area contributed by atoms with E-state index in [1.54, 1.807) is 29.8 Å². The number of hydrogen-bond acceptors (Lipinski definition) is 7. The van der Waals surface area contributed by atoms with E-state index in [4.69, 9.17) is 13.9 Å². The number of fused-ring (bicyclic) bond motifs is 2. The monoisotopic (exact) mass is 448 g/mol. The second-order valence-electron chi connectivity index (χ2n) is 7.67. The summed E-state index contributed by atoms with van der Waals surface area (Å²) >= 11 is 1.32. The molecule has 0 aliphatic carbocycles. The Kier molecular flexibility index (Phi) is 4.94. The zero-order chi connectivity index (χ0) is 22.4. The van der Waals surface area contributed by atoms with Crippen molar-refractivity contribution in [1.82, 2.24) is 4.98 Å². The highest BCUT2D eigenvalue weighted by Gasteiger charge is 2.44. The van der Waals surface area contributed by atoms with Gasteiger partial charge in [-0.2, -0.15) is 0 Å². The van der Waals surface area contributed by atoms with E-state index in [2.05, 4.69) is 4.98 Å². The second kappa shape index (κ2) is 7.80. The summed E-state index contributed by atoms with van der Waals surface area (Å²) < 4.78 is 17.1. The lowest BCUT2D eigenvalue weighted by atomic mass is 9.98. The van der Waals surface area contributed by atoms with Gasteiger partial charge in [0.25, 0.3) is 5.91 Å². The van der Waals surface area contributed by atoms with E-state index >= 15 is 0 Å². The number of amides is 1. The Morgan fingerprint density at radius 3 is 2.69 bits per heavy atom. The molecule has 0 spiro atoms. The van der Waals surface area contributed by atoms with Crippen molar-refractivity contribution in [3.63, 3.8) is 0 Å². The minimum Gasteiger partial charge on any atom is -0.497 e. The molecule has 2 aromatic carbocycles. The highest BCUT2D eigenvalue weighted by atomic mass is 32.1. The lowest BCUT2D eigenvalue weighted by molar-refractivity contribution is 0.0970. The Bertz CT molecular complexity index is 1380. The van der Waals surface area contributed by atoms with Crippen LogP contribution in [-0.4, -0.2) is 24.1 Å². The number of benzene rings is 2. The van der Waals surface area contributed by atoms with Crippen LogP contribution in [0.15, 0.2) is 63.3 Å². The Balaban J connectivity index is 1.76. The van der Waals surface area contributed by atoms with Gasteiger partial charge < -0.3 is 13.9 Å². The first-order valence-corrected chi connectivity index (χ1v) is 11.0. The van der Waals surface area contributed by atoms with Crippen molar-refractivity contribution in [2.24, 2.45) is 0 Å². The van der Waals surface area contributed by atoms with E-state index in [0.717, 1.165) is 5.56 Å². The molecule has 0 bridgehead atoms. The molecule has 0 fully saturated rings. The highest BCUT2D eigenvalue weighted by molar-refractivity contribution is 7.13. The number of carbonyl (C=O) groups excluding carboxylic acids is 1. The van der Waals surface area contributed by atoms with Gasteiger partial charge in [0.1, 0.15) is 17.1 Å². The van der Waals surface area contributed by atoms with Crippen LogP contribution in [0.3, 0.4) is 0 Å². The Hall–Kier alpha value is -3.65. The molecule has 8 heteroatoms. The first-order chi connectivity index (χ1) is 15.5. The molecule has 7 nitrogen and oxygen atoms in total. The molecule has 1 aliphatic rings. The number of anilines is 1. The van der Waals surface area contributed by atoms with Crippen molar-refractivity contribution in [1.29, 1.82) is 0 Å². The molecule has 0 radical (unpaired) electrons. The summed E-state index contributed by atoms with van der Waals surface area (Å²) in [6.45, 7) is 3.88. The molecule has 1 aliphatic heterocycles. The fourth-order valence-electron chi connectivity index (χ4n) is 3.96. The number of aromatic nitrogens is 1. The van der Waals surface area contributed by atoms with Crippen LogP contribution < -0.4 is 19.8 Å². The van der Waals surface area contributed by atoms with Gasteiger partial charge in [-0.05, 0) is 43.7 Å². The van der Waals surface area contributed by atoms with Crippen molar-refractivity contribution in [2.45, 2.75) is 26.0 Å². The van der Waals surface area contributed by atoms with Crippen LogP contribution in [0.5, 0.6) is 11.5 Å². The van der Waals surface area contributed by atoms with Crippen LogP contribution in [-0.2, 0) is 0 Å². The first-order valence-electron chi connectivity index (χ1n) is 10.1. The van der Waals surface area contributed by atoms with Gasteiger partial charge in [-0.25, -0.2) is 4.98 Å². The van der Waals surface area contributed by atoms with E-state index in [0.29, 0.717) is 33.2 Å². The molecule has 0 unspecified atom stereocenters. The lowest BCUT2D eigenvalue weighted by Crippen LogP contribution is -2.29. The van der Waals surface area contributed by atoms with Crippen LogP contribution in [0.1, 0.15) is 41.6 Å². The summed E-state index contributed by atoms with van der Waals surface area (Å²) in [6.07, 6.45) is 1.62. The molecule has 1 amide bonds. The van der Waals surface area contributed by atoms with E-state index in [1.165, 1.54) is 23.3 Å². The molecule has 5 rings (SSSR count). The van der Waals surface area contributed by atoms with Crippen molar-refractivity contribution in [2.75, 3.05) is 12.0 Å².